The molecule has 0 aliphatic rings. The monoisotopic (exact) mass is 879 g/mol. The van der Waals surface area contributed by atoms with Gasteiger partial charge < -0.3 is 14.2 Å². The second-order valence-corrected chi connectivity index (χ2v) is 17.4. The van der Waals surface area contributed by atoms with Crippen LogP contribution < -0.4 is 0 Å². The molecule has 0 spiro atoms. The first kappa shape index (κ1) is 59.9. The third-order valence-corrected chi connectivity index (χ3v) is 11.2. The van der Waals surface area contributed by atoms with E-state index in [9.17, 15) is 14.4 Å². The van der Waals surface area contributed by atoms with E-state index in [2.05, 4.69) is 93.7 Å². The summed E-state index contributed by atoms with van der Waals surface area (Å²) in [6.45, 7) is 6.46. The number of esters is 3. The summed E-state index contributed by atoms with van der Waals surface area (Å²) >= 11 is 0. The molecule has 0 aromatic heterocycles. The summed E-state index contributed by atoms with van der Waals surface area (Å²) in [6, 6.07) is 0. The standard InChI is InChI=1S/C57H98O6/c1-4-7-10-13-16-19-22-25-27-28-30-32-35-38-41-44-47-50-56(59)62-53-54(52-61-55(58)49-46-43-40-37-34-31-24-21-18-15-12-9-6-3)63-57(60)51-48-45-42-39-36-33-29-26-23-20-17-14-11-8-5-2/h8,11,17,20-21,24-27,29,36,39,54H,4-7,9-10,12-16,18-19,22-23,28,30-35,37-38,40-53H2,1-3H3/b11-8-,20-17-,24-21-,27-25-,29-26-,39-36-. The maximum atomic E-state index is 12.8. The van der Waals surface area contributed by atoms with Crippen molar-refractivity contribution in [2.24, 2.45) is 0 Å². The molecule has 0 rings (SSSR count). The number of ether oxygens (including phenoxy) is 3. The summed E-state index contributed by atoms with van der Waals surface area (Å²) in [6.07, 6.45) is 64.6. The Bertz CT molecular complexity index is 1190. The molecule has 0 saturated carbocycles. The molecular weight excluding hydrogens is 781 g/mol. The van der Waals surface area contributed by atoms with Gasteiger partial charge in [-0.25, -0.2) is 0 Å². The van der Waals surface area contributed by atoms with Gasteiger partial charge in [0.05, 0.1) is 0 Å². The number of carbonyl (C=O) groups is 3. The highest BCUT2D eigenvalue weighted by Crippen LogP contribution is 2.14. The molecule has 0 heterocycles. The van der Waals surface area contributed by atoms with Crippen LogP contribution in [0.1, 0.15) is 252 Å². The quantitative estimate of drug-likeness (QED) is 0.0262. The Morgan fingerprint density at radius 3 is 1.03 bits per heavy atom. The van der Waals surface area contributed by atoms with E-state index in [-0.39, 0.29) is 37.5 Å². The summed E-state index contributed by atoms with van der Waals surface area (Å²) in [4.78, 5) is 38.0. The van der Waals surface area contributed by atoms with Crippen molar-refractivity contribution in [2.45, 2.75) is 258 Å². The van der Waals surface area contributed by atoms with Gasteiger partial charge in [0, 0.05) is 19.3 Å². The molecular formula is C57H98O6. The number of unbranched alkanes of at least 4 members (excludes halogenated alkanes) is 24. The lowest BCUT2D eigenvalue weighted by Gasteiger charge is -2.18. The first-order valence-corrected chi connectivity index (χ1v) is 26.4. The summed E-state index contributed by atoms with van der Waals surface area (Å²) in [5.74, 6) is -0.949. The predicted molar refractivity (Wildman–Crippen MR) is 270 cm³/mol. The van der Waals surface area contributed by atoms with Crippen LogP contribution in [0.25, 0.3) is 0 Å². The SMILES string of the molecule is CC/C=C\C/C=C\C/C=C\C/C=C\CCCCC(=O)OC(COC(=O)CCCCCCC/C=C\CCCCCC)COC(=O)CCCCCCCCC/C=C\CCCCCCCC. The van der Waals surface area contributed by atoms with Crippen LogP contribution in [0, 0.1) is 0 Å². The van der Waals surface area contributed by atoms with Gasteiger partial charge in [-0.1, -0.05) is 196 Å². The van der Waals surface area contributed by atoms with Crippen molar-refractivity contribution >= 4 is 17.9 Å². The van der Waals surface area contributed by atoms with Crippen molar-refractivity contribution in [2.75, 3.05) is 13.2 Å². The Morgan fingerprint density at radius 2 is 0.619 bits per heavy atom. The summed E-state index contributed by atoms with van der Waals surface area (Å²) in [7, 11) is 0. The fourth-order valence-electron chi connectivity index (χ4n) is 7.19. The maximum Gasteiger partial charge on any atom is 0.306 e. The highest BCUT2D eigenvalue weighted by molar-refractivity contribution is 5.71. The third kappa shape index (κ3) is 49.7. The lowest BCUT2D eigenvalue weighted by molar-refractivity contribution is -0.167. The first-order valence-electron chi connectivity index (χ1n) is 26.4. The molecule has 1 unspecified atom stereocenters. The normalized spacial score (nSPS) is 12.6. The zero-order valence-corrected chi connectivity index (χ0v) is 41.3. The van der Waals surface area contributed by atoms with Crippen LogP contribution >= 0.6 is 0 Å². The van der Waals surface area contributed by atoms with Gasteiger partial charge in [-0.05, 0) is 109 Å². The molecule has 1 atom stereocenters. The van der Waals surface area contributed by atoms with Gasteiger partial charge in [-0.2, -0.15) is 0 Å². The van der Waals surface area contributed by atoms with Crippen LogP contribution in [-0.2, 0) is 28.6 Å². The molecule has 362 valence electrons. The molecule has 0 aromatic rings. The Hall–Kier alpha value is -3.15. The lowest BCUT2D eigenvalue weighted by atomic mass is 10.1. The molecule has 0 N–H and O–H groups in total. The highest BCUT2D eigenvalue weighted by atomic mass is 16.6. The number of allylic oxidation sites excluding steroid dienone is 12. The molecule has 0 aromatic carbocycles. The van der Waals surface area contributed by atoms with Crippen molar-refractivity contribution in [1.82, 2.24) is 0 Å². The zero-order chi connectivity index (χ0) is 45.8. The highest BCUT2D eigenvalue weighted by Gasteiger charge is 2.19. The number of hydrogen-bond donors (Lipinski definition) is 0. The third-order valence-electron chi connectivity index (χ3n) is 11.2. The Kier molecular flexibility index (Phi) is 48.9. The molecule has 0 amide bonds. The van der Waals surface area contributed by atoms with E-state index < -0.39 is 6.10 Å². The van der Waals surface area contributed by atoms with Crippen LogP contribution in [0.2, 0.25) is 0 Å². The molecule has 0 bridgehead atoms. The summed E-state index contributed by atoms with van der Waals surface area (Å²) < 4.78 is 16.8. The minimum Gasteiger partial charge on any atom is -0.462 e. The van der Waals surface area contributed by atoms with Crippen LogP contribution in [-0.4, -0.2) is 37.2 Å². The van der Waals surface area contributed by atoms with Crippen LogP contribution in [0.15, 0.2) is 72.9 Å². The second kappa shape index (κ2) is 51.5. The summed E-state index contributed by atoms with van der Waals surface area (Å²) in [5, 5.41) is 0. The van der Waals surface area contributed by atoms with Crippen molar-refractivity contribution in [3.63, 3.8) is 0 Å². The zero-order valence-electron chi connectivity index (χ0n) is 41.3. The van der Waals surface area contributed by atoms with E-state index in [1.807, 2.05) is 0 Å². The van der Waals surface area contributed by atoms with E-state index in [0.29, 0.717) is 19.3 Å². The molecule has 0 aliphatic carbocycles. The van der Waals surface area contributed by atoms with E-state index in [1.54, 1.807) is 0 Å². The fourth-order valence-corrected chi connectivity index (χ4v) is 7.19. The number of carbonyl (C=O) groups excluding carboxylic acids is 3. The number of rotatable bonds is 47. The van der Waals surface area contributed by atoms with Gasteiger partial charge in [0.2, 0.25) is 0 Å². The van der Waals surface area contributed by atoms with Gasteiger partial charge in [0.1, 0.15) is 13.2 Å². The van der Waals surface area contributed by atoms with E-state index in [0.717, 1.165) is 83.5 Å². The topological polar surface area (TPSA) is 78.9 Å². The maximum absolute atomic E-state index is 12.8. The van der Waals surface area contributed by atoms with Gasteiger partial charge >= 0.3 is 17.9 Å². The Labute approximate surface area is 389 Å². The van der Waals surface area contributed by atoms with Gasteiger partial charge in [0.15, 0.2) is 6.10 Å². The minimum absolute atomic E-state index is 0.0968. The number of hydrogen-bond acceptors (Lipinski definition) is 6. The largest absolute Gasteiger partial charge is 0.462 e. The molecule has 0 saturated heterocycles. The van der Waals surface area contributed by atoms with Crippen LogP contribution in [0.4, 0.5) is 0 Å². The average Bonchev–Trinajstić information content (AvgIpc) is 3.28. The summed E-state index contributed by atoms with van der Waals surface area (Å²) in [5.41, 5.74) is 0. The Balaban J connectivity index is 4.45. The van der Waals surface area contributed by atoms with Crippen molar-refractivity contribution < 1.29 is 28.6 Å². The van der Waals surface area contributed by atoms with Crippen LogP contribution in [0.3, 0.4) is 0 Å². The molecule has 0 radical (unpaired) electrons. The molecule has 63 heavy (non-hydrogen) atoms. The van der Waals surface area contributed by atoms with E-state index >= 15 is 0 Å². The van der Waals surface area contributed by atoms with Gasteiger partial charge in [-0.3, -0.25) is 14.4 Å². The van der Waals surface area contributed by atoms with Gasteiger partial charge in [0.25, 0.3) is 0 Å². The fraction of sp³-hybridized carbons (Fsp3) is 0.737. The average molecular weight is 879 g/mol. The first-order chi connectivity index (χ1) is 31.0. The molecule has 0 fully saturated rings. The molecule has 6 nitrogen and oxygen atoms in total. The second-order valence-electron chi connectivity index (χ2n) is 17.4. The van der Waals surface area contributed by atoms with Gasteiger partial charge in [-0.15, -0.1) is 0 Å². The van der Waals surface area contributed by atoms with Crippen molar-refractivity contribution in [3.8, 4) is 0 Å². The predicted octanol–water partition coefficient (Wildman–Crippen LogP) is 17.4. The Morgan fingerprint density at radius 1 is 0.333 bits per heavy atom. The van der Waals surface area contributed by atoms with E-state index in [4.69, 9.17) is 14.2 Å². The smallest absolute Gasteiger partial charge is 0.306 e. The lowest BCUT2D eigenvalue weighted by Crippen LogP contribution is -2.30. The van der Waals surface area contributed by atoms with Crippen LogP contribution in [0.5, 0.6) is 0 Å². The molecule has 0 aliphatic heterocycles. The van der Waals surface area contributed by atoms with Crippen molar-refractivity contribution in [1.29, 1.82) is 0 Å². The minimum atomic E-state index is -0.801. The van der Waals surface area contributed by atoms with Crippen molar-refractivity contribution in [3.05, 3.63) is 72.9 Å². The van der Waals surface area contributed by atoms with E-state index in [1.165, 1.54) is 122 Å². The molecule has 6 heteroatoms.